The molecule has 3 heteroatoms. The molecule has 0 atom stereocenters. The third-order valence-electron chi connectivity index (χ3n) is 4.04. The fraction of sp³-hybridized carbons (Fsp3) is 0.136. The lowest BCUT2D eigenvalue weighted by Gasteiger charge is -2.22. The maximum Gasteiger partial charge on any atom is 0.308 e. The second-order valence-corrected chi connectivity index (χ2v) is 5.75. The maximum absolute atomic E-state index is 11.3. The molecule has 0 aliphatic heterocycles. The molecule has 3 nitrogen and oxygen atoms in total. The predicted molar refractivity (Wildman–Crippen MR) is 98.1 cm³/mol. The van der Waals surface area contributed by atoms with Gasteiger partial charge in [0.15, 0.2) is 0 Å². The molecule has 0 spiro atoms. The Hall–Kier alpha value is -3.07. The Morgan fingerprint density at radius 2 is 1.40 bits per heavy atom. The van der Waals surface area contributed by atoms with Crippen LogP contribution in [0.4, 0.5) is 0 Å². The standard InChI is InChI=1S/C22H20O3/c1-16(23)25-19-13-14-21(24-2)20(15-19)22(17-9-5-3-6-10-17)18-11-7-4-8-12-18/h3-15,22H,1-2H3. The van der Waals surface area contributed by atoms with Gasteiger partial charge in [-0.3, -0.25) is 4.79 Å². The van der Waals surface area contributed by atoms with Crippen molar-refractivity contribution in [1.82, 2.24) is 0 Å². The van der Waals surface area contributed by atoms with Gasteiger partial charge in [0.05, 0.1) is 7.11 Å². The van der Waals surface area contributed by atoms with E-state index in [2.05, 4.69) is 24.3 Å². The van der Waals surface area contributed by atoms with Gasteiger partial charge >= 0.3 is 5.97 Å². The van der Waals surface area contributed by atoms with Crippen molar-refractivity contribution in [2.45, 2.75) is 12.8 Å². The van der Waals surface area contributed by atoms with E-state index in [1.165, 1.54) is 6.92 Å². The molecule has 0 aromatic heterocycles. The Morgan fingerprint density at radius 3 is 1.88 bits per heavy atom. The molecule has 126 valence electrons. The van der Waals surface area contributed by atoms with E-state index in [1.807, 2.05) is 48.5 Å². The van der Waals surface area contributed by atoms with Crippen molar-refractivity contribution < 1.29 is 14.3 Å². The number of esters is 1. The van der Waals surface area contributed by atoms with Crippen LogP contribution in [-0.2, 0) is 4.79 Å². The molecule has 3 rings (SSSR count). The zero-order valence-corrected chi connectivity index (χ0v) is 14.3. The highest BCUT2D eigenvalue weighted by Gasteiger charge is 2.21. The molecular formula is C22H20O3. The van der Waals surface area contributed by atoms with Gasteiger partial charge in [0.1, 0.15) is 11.5 Å². The molecule has 0 aliphatic rings. The average molecular weight is 332 g/mol. The van der Waals surface area contributed by atoms with E-state index in [1.54, 1.807) is 13.2 Å². The van der Waals surface area contributed by atoms with Gasteiger partial charge in [-0.1, -0.05) is 60.7 Å². The van der Waals surface area contributed by atoms with Crippen LogP contribution in [0.3, 0.4) is 0 Å². The number of methoxy groups -OCH3 is 1. The quantitative estimate of drug-likeness (QED) is 0.382. The molecule has 3 aromatic rings. The molecule has 0 radical (unpaired) electrons. The maximum atomic E-state index is 11.3. The van der Waals surface area contributed by atoms with Crippen LogP contribution in [0.2, 0.25) is 0 Å². The van der Waals surface area contributed by atoms with Crippen LogP contribution in [0.5, 0.6) is 11.5 Å². The lowest BCUT2D eigenvalue weighted by molar-refractivity contribution is -0.131. The zero-order valence-electron chi connectivity index (χ0n) is 14.3. The molecule has 0 aliphatic carbocycles. The molecule has 25 heavy (non-hydrogen) atoms. The van der Waals surface area contributed by atoms with Crippen molar-refractivity contribution in [2.24, 2.45) is 0 Å². The normalized spacial score (nSPS) is 10.5. The van der Waals surface area contributed by atoms with Gasteiger partial charge in [-0.15, -0.1) is 0 Å². The Labute approximate surface area is 147 Å². The predicted octanol–water partition coefficient (Wildman–Crippen LogP) is 4.80. The minimum absolute atomic E-state index is 0.0205. The molecular weight excluding hydrogens is 312 g/mol. The number of rotatable bonds is 5. The van der Waals surface area contributed by atoms with E-state index >= 15 is 0 Å². The minimum atomic E-state index is -0.341. The van der Waals surface area contributed by atoms with Crippen LogP contribution in [0, 0.1) is 0 Å². The summed E-state index contributed by atoms with van der Waals surface area (Å²) in [5.74, 6) is 0.911. The topological polar surface area (TPSA) is 35.5 Å². The molecule has 0 bridgehead atoms. The second kappa shape index (κ2) is 7.67. The monoisotopic (exact) mass is 332 g/mol. The van der Waals surface area contributed by atoms with Crippen LogP contribution >= 0.6 is 0 Å². The van der Waals surface area contributed by atoms with Crippen LogP contribution in [0.15, 0.2) is 78.9 Å². The third kappa shape index (κ3) is 3.89. The first-order chi connectivity index (χ1) is 12.2. The molecule has 3 aromatic carbocycles. The summed E-state index contributed by atoms with van der Waals surface area (Å²) in [6.07, 6.45) is 0. The fourth-order valence-corrected chi connectivity index (χ4v) is 3.01. The van der Waals surface area contributed by atoms with Gasteiger partial charge < -0.3 is 9.47 Å². The summed E-state index contributed by atoms with van der Waals surface area (Å²) in [6, 6.07) is 25.9. The Morgan fingerprint density at radius 1 is 0.840 bits per heavy atom. The molecule has 0 unspecified atom stereocenters. The van der Waals surface area contributed by atoms with Crippen molar-refractivity contribution in [3.8, 4) is 11.5 Å². The summed E-state index contributed by atoms with van der Waals surface area (Å²) in [7, 11) is 1.65. The van der Waals surface area contributed by atoms with E-state index in [-0.39, 0.29) is 11.9 Å². The second-order valence-electron chi connectivity index (χ2n) is 5.75. The van der Waals surface area contributed by atoms with Crippen molar-refractivity contribution >= 4 is 5.97 Å². The Bertz CT molecular complexity index is 802. The summed E-state index contributed by atoms with van der Waals surface area (Å²) in [6.45, 7) is 1.40. The lowest BCUT2D eigenvalue weighted by atomic mass is 9.84. The molecule has 0 saturated carbocycles. The fourth-order valence-electron chi connectivity index (χ4n) is 3.01. The number of carbonyl (C=O) groups is 1. The van der Waals surface area contributed by atoms with Crippen LogP contribution in [-0.4, -0.2) is 13.1 Å². The van der Waals surface area contributed by atoms with Gasteiger partial charge in [-0.25, -0.2) is 0 Å². The number of ether oxygens (including phenoxy) is 2. The molecule has 0 amide bonds. The van der Waals surface area contributed by atoms with Crippen molar-refractivity contribution in [3.05, 3.63) is 95.6 Å². The SMILES string of the molecule is COc1ccc(OC(C)=O)cc1C(c1ccccc1)c1ccccc1. The number of carbonyl (C=O) groups excluding carboxylic acids is 1. The van der Waals surface area contributed by atoms with Gasteiger partial charge in [-0.05, 0) is 29.3 Å². The Kier molecular flexibility index (Phi) is 5.14. The largest absolute Gasteiger partial charge is 0.496 e. The minimum Gasteiger partial charge on any atom is -0.496 e. The highest BCUT2D eigenvalue weighted by atomic mass is 16.5. The number of hydrogen-bond donors (Lipinski definition) is 0. The first-order valence-corrected chi connectivity index (χ1v) is 8.15. The van der Waals surface area contributed by atoms with Crippen molar-refractivity contribution in [1.29, 1.82) is 0 Å². The van der Waals surface area contributed by atoms with Gasteiger partial charge in [-0.2, -0.15) is 0 Å². The van der Waals surface area contributed by atoms with Crippen LogP contribution < -0.4 is 9.47 Å². The molecule has 0 fully saturated rings. The van der Waals surface area contributed by atoms with E-state index in [9.17, 15) is 4.79 Å². The van der Waals surface area contributed by atoms with Gasteiger partial charge in [0.2, 0.25) is 0 Å². The third-order valence-corrected chi connectivity index (χ3v) is 4.04. The lowest BCUT2D eigenvalue weighted by Crippen LogP contribution is -2.07. The summed E-state index contributed by atoms with van der Waals surface area (Å²) in [5.41, 5.74) is 3.25. The van der Waals surface area contributed by atoms with Gasteiger partial charge in [0, 0.05) is 18.4 Å². The average Bonchev–Trinajstić information content (AvgIpc) is 2.64. The van der Waals surface area contributed by atoms with Crippen molar-refractivity contribution in [2.75, 3.05) is 7.11 Å². The summed E-state index contributed by atoms with van der Waals surface area (Å²) in [4.78, 5) is 11.3. The highest BCUT2D eigenvalue weighted by Crippen LogP contribution is 2.39. The first kappa shape index (κ1) is 16.8. The van der Waals surface area contributed by atoms with E-state index in [0.29, 0.717) is 5.75 Å². The van der Waals surface area contributed by atoms with E-state index in [0.717, 1.165) is 22.4 Å². The molecule has 0 N–H and O–H groups in total. The van der Waals surface area contributed by atoms with E-state index in [4.69, 9.17) is 9.47 Å². The zero-order chi connectivity index (χ0) is 17.6. The van der Waals surface area contributed by atoms with Crippen LogP contribution in [0.25, 0.3) is 0 Å². The summed E-state index contributed by atoms with van der Waals surface area (Å²) < 4.78 is 10.9. The first-order valence-electron chi connectivity index (χ1n) is 8.15. The van der Waals surface area contributed by atoms with Crippen LogP contribution in [0.1, 0.15) is 29.5 Å². The summed E-state index contributed by atoms with van der Waals surface area (Å²) >= 11 is 0. The number of hydrogen-bond acceptors (Lipinski definition) is 3. The van der Waals surface area contributed by atoms with Gasteiger partial charge in [0.25, 0.3) is 0 Å². The smallest absolute Gasteiger partial charge is 0.308 e. The molecule has 0 heterocycles. The Balaban J connectivity index is 2.17. The summed E-state index contributed by atoms with van der Waals surface area (Å²) in [5, 5.41) is 0. The van der Waals surface area contributed by atoms with E-state index < -0.39 is 0 Å². The number of benzene rings is 3. The molecule has 0 saturated heterocycles. The highest BCUT2D eigenvalue weighted by molar-refractivity contribution is 5.69. The van der Waals surface area contributed by atoms with Crippen molar-refractivity contribution in [3.63, 3.8) is 0 Å².